The summed E-state index contributed by atoms with van der Waals surface area (Å²) in [6, 6.07) is 0. The molecule has 0 aliphatic rings. The van der Waals surface area contributed by atoms with Gasteiger partial charge in [-0.15, -0.1) is 0 Å². The highest BCUT2D eigenvalue weighted by molar-refractivity contribution is 7.99. The summed E-state index contributed by atoms with van der Waals surface area (Å²) in [4.78, 5) is 30.6. The molecule has 2 heterocycles. The van der Waals surface area contributed by atoms with E-state index in [1.807, 2.05) is 6.08 Å². The molecular formula is C14H16Cl2N4O2S. The molecule has 0 saturated carbocycles. The number of thioether (sulfide) groups is 1. The quantitative estimate of drug-likeness (QED) is 0.816. The van der Waals surface area contributed by atoms with Crippen LogP contribution in [-0.2, 0) is 13.6 Å². The van der Waals surface area contributed by atoms with Crippen LogP contribution in [0.1, 0.15) is 13.8 Å². The number of fused-ring (bicyclic) bond motifs is 1. The number of hydrogen-bond acceptors (Lipinski definition) is 4. The van der Waals surface area contributed by atoms with E-state index in [-0.39, 0.29) is 0 Å². The zero-order valence-corrected chi connectivity index (χ0v) is 15.2. The van der Waals surface area contributed by atoms with E-state index in [1.54, 1.807) is 31.5 Å². The number of aromatic amines is 1. The number of aromatic nitrogens is 4. The van der Waals surface area contributed by atoms with Crippen LogP contribution in [0.15, 0.2) is 37.0 Å². The van der Waals surface area contributed by atoms with Crippen molar-refractivity contribution < 1.29 is 0 Å². The first-order valence-corrected chi connectivity index (χ1v) is 8.52. The molecule has 0 bridgehead atoms. The van der Waals surface area contributed by atoms with E-state index in [4.69, 9.17) is 23.2 Å². The standard InChI is InChI=1S/C14H16Cl2N4O2S/c1-8(15)4-6-20-10-11(19(3)13(22)18-12(10)21)17-14(20)23-7-5-9(2)16/h4-5H,6-7H2,1-3H3,(H,18,21,22)/b8-4+,9-5-. The van der Waals surface area contributed by atoms with Crippen molar-refractivity contribution >= 4 is 46.1 Å². The lowest BCUT2D eigenvalue weighted by Gasteiger charge is -2.05. The van der Waals surface area contributed by atoms with Gasteiger partial charge in [0.05, 0.1) is 0 Å². The smallest absolute Gasteiger partial charge is 0.309 e. The monoisotopic (exact) mass is 374 g/mol. The summed E-state index contributed by atoms with van der Waals surface area (Å²) in [6.07, 6.45) is 3.63. The Morgan fingerprint density at radius 2 is 1.91 bits per heavy atom. The normalized spacial score (nSPS) is 13.1. The molecule has 23 heavy (non-hydrogen) atoms. The third-order valence-electron chi connectivity index (χ3n) is 3.10. The van der Waals surface area contributed by atoms with E-state index in [2.05, 4.69) is 9.97 Å². The zero-order chi connectivity index (χ0) is 17.1. The lowest BCUT2D eigenvalue weighted by atomic mass is 10.4. The lowest BCUT2D eigenvalue weighted by molar-refractivity contribution is 0.743. The molecule has 0 saturated heterocycles. The fourth-order valence-corrected chi connectivity index (χ4v) is 3.14. The molecule has 0 aromatic carbocycles. The van der Waals surface area contributed by atoms with Crippen molar-refractivity contribution in [3.63, 3.8) is 0 Å². The SMILES string of the molecule is C/C(Cl)=C/CSc1nc2c(c(=O)[nH]c(=O)n2C)n1C/C=C(\C)Cl. The van der Waals surface area contributed by atoms with Crippen LogP contribution >= 0.6 is 35.0 Å². The molecule has 6 nitrogen and oxygen atoms in total. The Hall–Kier alpha value is -1.44. The van der Waals surface area contributed by atoms with E-state index in [0.717, 1.165) is 0 Å². The molecule has 2 aromatic rings. The maximum Gasteiger partial charge on any atom is 0.329 e. The number of hydrogen-bond donors (Lipinski definition) is 1. The molecule has 124 valence electrons. The molecule has 9 heteroatoms. The van der Waals surface area contributed by atoms with Crippen LogP contribution in [0, 0.1) is 0 Å². The molecule has 0 aliphatic carbocycles. The summed E-state index contributed by atoms with van der Waals surface area (Å²) >= 11 is 13.1. The van der Waals surface area contributed by atoms with Crippen LogP contribution in [0.5, 0.6) is 0 Å². The van der Waals surface area contributed by atoms with Gasteiger partial charge in [-0.25, -0.2) is 9.78 Å². The van der Waals surface area contributed by atoms with Crippen molar-refractivity contribution in [1.29, 1.82) is 0 Å². The van der Waals surface area contributed by atoms with Crippen molar-refractivity contribution in [2.45, 2.75) is 25.5 Å². The molecule has 0 fully saturated rings. The Labute approximate surface area is 146 Å². The lowest BCUT2D eigenvalue weighted by Crippen LogP contribution is -2.29. The number of rotatable bonds is 5. The van der Waals surface area contributed by atoms with E-state index in [9.17, 15) is 9.59 Å². The third-order valence-corrected chi connectivity index (χ3v) is 4.32. The molecule has 0 aliphatic heterocycles. The van der Waals surface area contributed by atoms with Gasteiger partial charge in [0.25, 0.3) is 5.56 Å². The highest BCUT2D eigenvalue weighted by Crippen LogP contribution is 2.22. The van der Waals surface area contributed by atoms with Gasteiger partial charge in [-0.2, -0.15) is 0 Å². The molecule has 0 radical (unpaired) electrons. The van der Waals surface area contributed by atoms with E-state index < -0.39 is 11.2 Å². The number of aryl methyl sites for hydroxylation is 1. The molecule has 0 atom stereocenters. The van der Waals surface area contributed by atoms with Gasteiger partial charge in [0.15, 0.2) is 16.3 Å². The van der Waals surface area contributed by atoms with E-state index >= 15 is 0 Å². The van der Waals surface area contributed by atoms with Crippen molar-refractivity contribution in [2.75, 3.05) is 5.75 Å². The Morgan fingerprint density at radius 3 is 2.52 bits per heavy atom. The van der Waals surface area contributed by atoms with Crippen molar-refractivity contribution in [3.05, 3.63) is 43.1 Å². The summed E-state index contributed by atoms with van der Waals surface area (Å²) in [5, 5.41) is 1.91. The molecule has 0 amide bonds. The van der Waals surface area contributed by atoms with Crippen molar-refractivity contribution in [1.82, 2.24) is 19.1 Å². The van der Waals surface area contributed by atoms with Crippen LogP contribution in [-0.4, -0.2) is 24.9 Å². The molecule has 0 unspecified atom stereocenters. The second-order valence-electron chi connectivity index (χ2n) is 4.89. The van der Waals surface area contributed by atoms with Crippen LogP contribution in [0.2, 0.25) is 0 Å². The largest absolute Gasteiger partial charge is 0.329 e. The van der Waals surface area contributed by atoms with Gasteiger partial charge >= 0.3 is 5.69 Å². The fraction of sp³-hybridized carbons (Fsp3) is 0.357. The fourth-order valence-electron chi connectivity index (χ4n) is 1.94. The number of nitrogens with one attached hydrogen (secondary N) is 1. The summed E-state index contributed by atoms with van der Waals surface area (Å²) in [5.41, 5.74) is -0.278. The van der Waals surface area contributed by atoms with Gasteiger partial charge in [0.2, 0.25) is 0 Å². The van der Waals surface area contributed by atoms with Gasteiger partial charge < -0.3 is 4.57 Å². The van der Waals surface area contributed by atoms with Crippen molar-refractivity contribution in [2.24, 2.45) is 7.05 Å². The average molecular weight is 375 g/mol. The summed E-state index contributed by atoms with van der Waals surface area (Å²) < 4.78 is 3.05. The Kier molecular flexibility index (Phi) is 5.78. The minimum atomic E-state index is -0.496. The van der Waals surface area contributed by atoms with Gasteiger partial charge in [0.1, 0.15) is 0 Å². The Balaban J connectivity index is 2.62. The van der Waals surface area contributed by atoms with Gasteiger partial charge in [0, 0.05) is 29.4 Å². The first-order valence-electron chi connectivity index (χ1n) is 6.78. The first kappa shape index (κ1) is 17.9. The summed E-state index contributed by atoms with van der Waals surface area (Å²) in [5.74, 6) is 0.605. The predicted molar refractivity (Wildman–Crippen MR) is 95.5 cm³/mol. The highest BCUT2D eigenvalue weighted by Gasteiger charge is 2.16. The van der Waals surface area contributed by atoms with Crippen LogP contribution in [0.3, 0.4) is 0 Å². The topological polar surface area (TPSA) is 72.7 Å². The number of imidazole rings is 1. The maximum absolute atomic E-state index is 12.2. The second kappa shape index (κ2) is 7.42. The van der Waals surface area contributed by atoms with Gasteiger partial charge in [-0.3, -0.25) is 14.3 Å². The molecule has 2 rings (SSSR count). The second-order valence-corrected chi connectivity index (χ2v) is 7.07. The number of H-pyrrole nitrogens is 1. The van der Waals surface area contributed by atoms with Gasteiger partial charge in [-0.05, 0) is 13.8 Å². The molecule has 2 aromatic heterocycles. The summed E-state index contributed by atoms with van der Waals surface area (Å²) in [7, 11) is 1.57. The Morgan fingerprint density at radius 1 is 1.26 bits per heavy atom. The molecule has 0 spiro atoms. The van der Waals surface area contributed by atoms with E-state index in [0.29, 0.717) is 38.7 Å². The van der Waals surface area contributed by atoms with Crippen LogP contribution in [0.25, 0.3) is 11.2 Å². The van der Waals surface area contributed by atoms with Crippen LogP contribution < -0.4 is 11.2 Å². The minimum absolute atomic E-state index is 0.341. The number of allylic oxidation sites excluding steroid dienone is 3. The van der Waals surface area contributed by atoms with E-state index in [1.165, 1.54) is 16.3 Å². The van der Waals surface area contributed by atoms with Gasteiger partial charge in [-0.1, -0.05) is 47.1 Å². The third kappa shape index (κ3) is 4.10. The first-order chi connectivity index (χ1) is 10.8. The molecule has 1 N–H and O–H groups in total. The maximum atomic E-state index is 12.2. The predicted octanol–water partition coefficient (Wildman–Crippen LogP) is 2.80. The average Bonchev–Trinajstić information content (AvgIpc) is 2.81. The Bertz CT molecular complexity index is 900. The zero-order valence-electron chi connectivity index (χ0n) is 12.9. The minimum Gasteiger partial charge on any atom is -0.309 e. The van der Waals surface area contributed by atoms with Crippen molar-refractivity contribution in [3.8, 4) is 0 Å². The molecular weight excluding hydrogens is 359 g/mol. The van der Waals surface area contributed by atoms with Crippen LogP contribution in [0.4, 0.5) is 0 Å². The highest BCUT2D eigenvalue weighted by atomic mass is 35.5. The number of nitrogens with zero attached hydrogens (tertiary/aromatic N) is 3. The number of halogens is 2. The summed E-state index contributed by atoms with van der Waals surface area (Å²) in [6.45, 7) is 3.94.